The van der Waals surface area contributed by atoms with Gasteiger partial charge >= 0.3 is 0 Å². The van der Waals surface area contributed by atoms with E-state index in [9.17, 15) is 5.11 Å². The van der Waals surface area contributed by atoms with E-state index in [1.165, 1.54) is 36.8 Å². The van der Waals surface area contributed by atoms with Crippen molar-refractivity contribution in [3.05, 3.63) is 29.3 Å². The highest BCUT2D eigenvalue weighted by Gasteiger charge is 2.48. The SMILES string of the molecule is Cc1cccc(OCC(CO)(NC2CC2)C2CC2)c1C. The predicted octanol–water partition coefficient (Wildman–Crippen LogP) is 2.58. The van der Waals surface area contributed by atoms with Crippen molar-refractivity contribution in [1.29, 1.82) is 0 Å². The molecule has 0 aliphatic heterocycles. The second-order valence-electron chi connectivity index (χ2n) is 6.49. The van der Waals surface area contributed by atoms with Gasteiger partial charge in [0.2, 0.25) is 0 Å². The summed E-state index contributed by atoms with van der Waals surface area (Å²) in [5.74, 6) is 1.51. The number of ether oxygens (including phenoxy) is 1. The van der Waals surface area contributed by atoms with Crippen LogP contribution in [-0.4, -0.2) is 29.9 Å². The molecule has 0 amide bonds. The van der Waals surface area contributed by atoms with Gasteiger partial charge in [-0.05, 0) is 62.6 Å². The van der Waals surface area contributed by atoms with Crippen molar-refractivity contribution in [1.82, 2.24) is 5.32 Å². The summed E-state index contributed by atoms with van der Waals surface area (Å²) in [5, 5.41) is 13.6. The molecular weight excluding hydrogens is 250 g/mol. The lowest BCUT2D eigenvalue weighted by Gasteiger charge is -2.33. The third-order valence-corrected chi connectivity index (χ3v) is 4.75. The van der Waals surface area contributed by atoms with E-state index in [2.05, 4.69) is 25.2 Å². The molecule has 0 saturated heterocycles. The van der Waals surface area contributed by atoms with E-state index in [0.717, 1.165) is 5.75 Å². The lowest BCUT2D eigenvalue weighted by Crippen LogP contribution is -2.56. The first-order valence-corrected chi connectivity index (χ1v) is 7.72. The third kappa shape index (κ3) is 2.84. The van der Waals surface area contributed by atoms with Crippen LogP contribution in [0.3, 0.4) is 0 Å². The molecule has 2 aliphatic rings. The summed E-state index contributed by atoms with van der Waals surface area (Å²) in [6, 6.07) is 6.74. The van der Waals surface area contributed by atoms with Crippen molar-refractivity contribution < 1.29 is 9.84 Å². The Hall–Kier alpha value is -1.06. The van der Waals surface area contributed by atoms with Gasteiger partial charge in [-0.2, -0.15) is 0 Å². The van der Waals surface area contributed by atoms with Crippen LogP contribution in [0.4, 0.5) is 0 Å². The molecule has 2 fully saturated rings. The average molecular weight is 275 g/mol. The summed E-state index contributed by atoms with van der Waals surface area (Å²) in [4.78, 5) is 0. The Morgan fingerprint density at radius 1 is 1.25 bits per heavy atom. The molecule has 1 atom stereocenters. The number of aryl methyl sites for hydroxylation is 1. The maximum atomic E-state index is 9.92. The molecule has 1 unspecified atom stereocenters. The summed E-state index contributed by atoms with van der Waals surface area (Å²) in [6.07, 6.45) is 4.88. The fourth-order valence-electron chi connectivity index (χ4n) is 2.85. The summed E-state index contributed by atoms with van der Waals surface area (Å²) in [6.45, 7) is 4.93. The van der Waals surface area contributed by atoms with Gasteiger partial charge in [-0.15, -0.1) is 0 Å². The minimum Gasteiger partial charge on any atom is -0.491 e. The van der Waals surface area contributed by atoms with Gasteiger partial charge in [0.05, 0.1) is 12.1 Å². The first kappa shape index (κ1) is 13.9. The van der Waals surface area contributed by atoms with Crippen LogP contribution in [0.25, 0.3) is 0 Å². The van der Waals surface area contributed by atoms with E-state index in [1.807, 2.05) is 12.1 Å². The highest BCUT2D eigenvalue weighted by molar-refractivity contribution is 5.38. The Bertz CT molecular complexity index is 480. The van der Waals surface area contributed by atoms with Crippen LogP contribution in [0.15, 0.2) is 18.2 Å². The molecule has 0 radical (unpaired) electrons. The Morgan fingerprint density at radius 2 is 2.00 bits per heavy atom. The molecular formula is C17H25NO2. The molecule has 0 bridgehead atoms. The van der Waals surface area contributed by atoms with Crippen LogP contribution in [0.2, 0.25) is 0 Å². The number of nitrogens with one attached hydrogen (secondary N) is 1. The Balaban J connectivity index is 1.71. The first-order valence-electron chi connectivity index (χ1n) is 7.72. The van der Waals surface area contributed by atoms with Gasteiger partial charge in [0.15, 0.2) is 0 Å². The van der Waals surface area contributed by atoms with E-state index in [4.69, 9.17) is 4.74 Å². The van der Waals surface area contributed by atoms with Gasteiger partial charge in [-0.25, -0.2) is 0 Å². The normalized spacial score (nSPS) is 21.6. The fourth-order valence-corrected chi connectivity index (χ4v) is 2.85. The monoisotopic (exact) mass is 275 g/mol. The van der Waals surface area contributed by atoms with Gasteiger partial charge < -0.3 is 15.2 Å². The minimum absolute atomic E-state index is 0.166. The maximum Gasteiger partial charge on any atom is 0.122 e. The van der Waals surface area contributed by atoms with Crippen LogP contribution in [-0.2, 0) is 0 Å². The zero-order valence-corrected chi connectivity index (χ0v) is 12.5. The number of hydrogen-bond donors (Lipinski definition) is 2. The quantitative estimate of drug-likeness (QED) is 0.803. The second kappa shape index (κ2) is 5.38. The summed E-state index contributed by atoms with van der Waals surface area (Å²) in [7, 11) is 0. The zero-order chi connectivity index (χ0) is 14.2. The van der Waals surface area contributed by atoms with Gasteiger partial charge in [-0.1, -0.05) is 12.1 Å². The lowest BCUT2D eigenvalue weighted by molar-refractivity contribution is 0.0828. The smallest absolute Gasteiger partial charge is 0.122 e. The first-order chi connectivity index (χ1) is 9.64. The van der Waals surface area contributed by atoms with E-state index in [0.29, 0.717) is 18.6 Å². The summed E-state index contributed by atoms with van der Waals surface area (Å²) < 4.78 is 6.08. The van der Waals surface area contributed by atoms with Gasteiger partial charge in [0.1, 0.15) is 12.4 Å². The maximum absolute atomic E-state index is 9.92. The largest absolute Gasteiger partial charge is 0.491 e. The molecule has 2 saturated carbocycles. The van der Waals surface area contributed by atoms with Crippen molar-refractivity contribution >= 4 is 0 Å². The van der Waals surface area contributed by atoms with Crippen LogP contribution >= 0.6 is 0 Å². The molecule has 110 valence electrons. The molecule has 2 N–H and O–H groups in total. The van der Waals surface area contributed by atoms with E-state index in [-0.39, 0.29) is 12.1 Å². The molecule has 3 heteroatoms. The summed E-state index contributed by atoms with van der Waals surface area (Å²) >= 11 is 0. The number of benzene rings is 1. The lowest BCUT2D eigenvalue weighted by atomic mass is 9.95. The molecule has 3 nitrogen and oxygen atoms in total. The van der Waals surface area contributed by atoms with Gasteiger partial charge in [0.25, 0.3) is 0 Å². The molecule has 1 aromatic carbocycles. The fraction of sp³-hybridized carbons (Fsp3) is 0.647. The number of rotatable bonds is 7. The topological polar surface area (TPSA) is 41.5 Å². The minimum atomic E-state index is -0.239. The van der Waals surface area contributed by atoms with E-state index < -0.39 is 0 Å². The Kier molecular flexibility index (Phi) is 3.74. The molecule has 2 aliphatic carbocycles. The van der Waals surface area contributed by atoms with Crippen molar-refractivity contribution in [3.63, 3.8) is 0 Å². The zero-order valence-electron chi connectivity index (χ0n) is 12.5. The van der Waals surface area contributed by atoms with Crippen LogP contribution in [0.1, 0.15) is 36.8 Å². The van der Waals surface area contributed by atoms with Crippen LogP contribution in [0, 0.1) is 19.8 Å². The van der Waals surface area contributed by atoms with Crippen molar-refractivity contribution in [2.75, 3.05) is 13.2 Å². The molecule has 20 heavy (non-hydrogen) atoms. The predicted molar refractivity (Wildman–Crippen MR) is 80.1 cm³/mol. The van der Waals surface area contributed by atoms with Crippen molar-refractivity contribution in [2.45, 2.75) is 51.1 Å². The number of aliphatic hydroxyl groups is 1. The Morgan fingerprint density at radius 3 is 2.60 bits per heavy atom. The molecule has 0 heterocycles. The molecule has 3 rings (SSSR count). The van der Waals surface area contributed by atoms with E-state index >= 15 is 0 Å². The highest BCUT2D eigenvalue weighted by Crippen LogP contribution is 2.42. The van der Waals surface area contributed by atoms with Gasteiger partial charge in [-0.3, -0.25) is 0 Å². The highest BCUT2D eigenvalue weighted by atomic mass is 16.5. The van der Waals surface area contributed by atoms with Crippen molar-refractivity contribution in [2.24, 2.45) is 5.92 Å². The second-order valence-corrected chi connectivity index (χ2v) is 6.49. The number of hydrogen-bond acceptors (Lipinski definition) is 3. The van der Waals surface area contributed by atoms with E-state index in [1.54, 1.807) is 0 Å². The van der Waals surface area contributed by atoms with Gasteiger partial charge in [0, 0.05) is 6.04 Å². The number of aliphatic hydroxyl groups excluding tert-OH is 1. The molecule has 0 aromatic heterocycles. The molecule has 1 aromatic rings. The van der Waals surface area contributed by atoms with Crippen molar-refractivity contribution in [3.8, 4) is 5.75 Å². The third-order valence-electron chi connectivity index (χ3n) is 4.75. The standard InChI is InChI=1S/C17H25NO2/c1-12-4-3-5-16(13(12)2)20-11-17(10-19,14-6-7-14)18-15-8-9-15/h3-5,14-15,18-19H,6-11H2,1-2H3. The van der Waals surface area contributed by atoms with Crippen LogP contribution in [0.5, 0.6) is 5.75 Å². The average Bonchev–Trinajstić information content (AvgIpc) is 3.31. The Labute approximate surface area is 121 Å². The van der Waals surface area contributed by atoms with Crippen LogP contribution < -0.4 is 10.1 Å². The molecule has 0 spiro atoms. The summed E-state index contributed by atoms with van der Waals surface area (Å²) in [5.41, 5.74) is 2.21.